The van der Waals surface area contributed by atoms with Crippen LogP contribution >= 0.6 is 0 Å². The van der Waals surface area contributed by atoms with E-state index >= 15 is 0 Å². The molecular formula is C46H54N8O4. The van der Waals surface area contributed by atoms with Crippen molar-refractivity contribution >= 4 is 23.6 Å². The van der Waals surface area contributed by atoms with Gasteiger partial charge in [0, 0.05) is 36.1 Å². The third kappa shape index (κ3) is 8.59. The number of hydrogen-bond acceptors (Lipinski definition) is 6. The highest BCUT2D eigenvalue weighted by atomic mass is 16.2. The SMILES string of the molecule is CC(C)[C@@H](NC(=O)C1CC1)C(=O)N1CCC[C@H]1c1ncc(-c2ccc(C#Cc3ccc(-c4cnc([C@@H]5CCCN5C(=O)[C@H](NC(=O)C5CC5)C(C)C)[nH]4)cc3)cc2)[nH]1. The lowest BCUT2D eigenvalue weighted by Crippen LogP contribution is -2.51. The van der Waals surface area contributed by atoms with E-state index in [0.29, 0.717) is 13.1 Å². The fourth-order valence-corrected chi connectivity index (χ4v) is 8.16. The largest absolute Gasteiger partial charge is 0.344 e. The maximum Gasteiger partial charge on any atom is 0.246 e. The number of aromatic nitrogens is 4. The van der Waals surface area contributed by atoms with E-state index in [2.05, 4.69) is 32.4 Å². The third-order valence-electron chi connectivity index (χ3n) is 12.0. The quantitative estimate of drug-likeness (QED) is 0.124. The van der Waals surface area contributed by atoms with E-state index in [1.807, 2.05) is 98.4 Å². The zero-order valence-corrected chi connectivity index (χ0v) is 33.9. The van der Waals surface area contributed by atoms with Crippen LogP contribution in [0.4, 0.5) is 0 Å². The first-order valence-corrected chi connectivity index (χ1v) is 21.1. The van der Waals surface area contributed by atoms with Crippen LogP contribution in [0.15, 0.2) is 60.9 Å². The van der Waals surface area contributed by atoms with Crippen molar-refractivity contribution in [3.8, 4) is 34.4 Å². The van der Waals surface area contributed by atoms with Gasteiger partial charge in [-0.25, -0.2) is 9.97 Å². The van der Waals surface area contributed by atoms with Gasteiger partial charge in [0.25, 0.3) is 0 Å². The Labute approximate surface area is 340 Å². The van der Waals surface area contributed by atoms with Crippen LogP contribution < -0.4 is 10.6 Å². The summed E-state index contributed by atoms with van der Waals surface area (Å²) >= 11 is 0. The molecule has 2 aromatic carbocycles. The molecule has 2 aromatic heterocycles. The second kappa shape index (κ2) is 16.6. The van der Waals surface area contributed by atoms with E-state index in [-0.39, 0.29) is 59.4 Å². The summed E-state index contributed by atoms with van der Waals surface area (Å²) in [5, 5.41) is 6.05. The molecule has 8 rings (SSSR count). The van der Waals surface area contributed by atoms with Crippen LogP contribution in [0.25, 0.3) is 22.5 Å². The van der Waals surface area contributed by atoms with Gasteiger partial charge in [-0.3, -0.25) is 19.2 Å². The number of likely N-dealkylation sites (tertiary alicyclic amines) is 2. The number of amides is 4. The highest BCUT2D eigenvalue weighted by Gasteiger charge is 2.41. The van der Waals surface area contributed by atoms with Crippen LogP contribution in [0.5, 0.6) is 0 Å². The van der Waals surface area contributed by atoms with Gasteiger partial charge in [0.15, 0.2) is 0 Å². The number of nitrogens with zero attached hydrogens (tertiary/aromatic N) is 4. The molecule has 0 radical (unpaired) electrons. The smallest absolute Gasteiger partial charge is 0.246 e. The average molecular weight is 783 g/mol. The number of carbonyl (C=O) groups excluding carboxylic acids is 4. The van der Waals surface area contributed by atoms with Crippen LogP contribution in [0.2, 0.25) is 0 Å². The van der Waals surface area contributed by atoms with Crippen LogP contribution in [0.3, 0.4) is 0 Å². The fraction of sp³-hybridized carbons (Fsp3) is 0.478. The topological polar surface area (TPSA) is 156 Å². The van der Waals surface area contributed by atoms with Gasteiger partial charge in [0.1, 0.15) is 23.7 Å². The molecule has 58 heavy (non-hydrogen) atoms. The van der Waals surface area contributed by atoms with E-state index in [9.17, 15) is 19.2 Å². The Morgan fingerprint density at radius 1 is 0.603 bits per heavy atom. The molecule has 4 atom stereocenters. The van der Waals surface area contributed by atoms with Crippen LogP contribution in [0.1, 0.15) is 114 Å². The molecule has 2 saturated heterocycles. The van der Waals surface area contributed by atoms with Crippen molar-refractivity contribution in [1.82, 2.24) is 40.4 Å². The normalized spacial score (nSPS) is 20.2. The number of imidazole rings is 2. The zero-order valence-electron chi connectivity index (χ0n) is 33.9. The summed E-state index contributed by atoms with van der Waals surface area (Å²) in [4.78, 5) is 72.5. The summed E-state index contributed by atoms with van der Waals surface area (Å²) < 4.78 is 0. The minimum atomic E-state index is -0.537. The summed E-state index contributed by atoms with van der Waals surface area (Å²) in [6.07, 6.45) is 10.7. The predicted molar refractivity (Wildman–Crippen MR) is 220 cm³/mol. The molecule has 0 unspecified atom stereocenters. The summed E-state index contributed by atoms with van der Waals surface area (Å²) in [6, 6.07) is 14.7. The summed E-state index contributed by atoms with van der Waals surface area (Å²) in [7, 11) is 0. The molecule has 4 aromatic rings. The van der Waals surface area contributed by atoms with Crippen molar-refractivity contribution in [3.05, 3.63) is 83.7 Å². The molecule has 2 saturated carbocycles. The molecule has 302 valence electrons. The van der Waals surface area contributed by atoms with Gasteiger partial charge < -0.3 is 30.4 Å². The number of carbonyl (C=O) groups is 4. The van der Waals surface area contributed by atoms with Crippen molar-refractivity contribution in [2.24, 2.45) is 23.7 Å². The molecule has 4 N–H and O–H groups in total. The first kappa shape index (κ1) is 39.1. The van der Waals surface area contributed by atoms with Gasteiger partial charge in [0.2, 0.25) is 23.6 Å². The number of rotatable bonds is 12. The molecule has 0 spiro atoms. The maximum atomic E-state index is 13.7. The lowest BCUT2D eigenvalue weighted by Gasteiger charge is -2.30. The van der Waals surface area contributed by atoms with Gasteiger partial charge in [-0.05, 0) is 98.6 Å². The number of aromatic amines is 2. The highest BCUT2D eigenvalue weighted by molar-refractivity contribution is 5.90. The summed E-state index contributed by atoms with van der Waals surface area (Å²) in [5.41, 5.74) is 5.47. The van der Waals surface area contributed by atoms with Gasteiger partial charge in [0.05, 0.1) is 35.9 Å². The molecule has 4 fully saturated rings. The molecule has 4 amide bonds. The fourth-order valence-electron chi connectivity index (χ4n) is 8.16. The number of H-pyrrole nitrogens is 2. The Bertz CT molecular complexity index is 2050. The Morgan fingerprint density at radius 3 is 1.33 bits per heavy atom. The van der Waals surface area contributed by atoms with E-state index in [4.69, 9.17) is 9.97 Å². The van der Waals surface area contributed by atoms with Crippen molar-refractivity contribution in [2.45, 2.75) is 103 Å². The molecule has 4 heterocycles. The monoisotopic (exact) mass is 782 g/mol. The second-order valence-electron chi connectivity index (χ2n) is 17.2. The van der Waals surface area contributed by atoms with E-state index in [0.717, 1.165) is 96.7 Å². The van der Waals surface area contributed by atoms with Crippen molar-refractivity contribution in [1.29, 1.82) is 0 Å². The number of benzene rings is 2. The van der Waals surface area contributed by atoms with Crippen LogP contribution in [0, 0.1) is 35.5 Å². The van der Waals surface area contributed by atoms with Gasteiger partial charge in [-0.2, -0.15) is 0 Å². The molecular weight excluding hydrogens is 729 g/mol. The molecule has 4 aliphatic rings. The molecule has 2 aliphatic carbocycles. The number of nitrogens with one attached hydrogen (secondary N) is 4. The van der Waals surface area contributed by atoms with Crippen molar-refractivity contribution in [3.63, 3.8) is 0 Å². The highest BCUT2D eigenvalue weighted by Crippen LogP contribution is 2.35. The Hall–Kier alpha value is -5.70. The lowest BCUT2D eigenvalue weighted by atomic mass is 10.0. The van der Waals surface area contributed by atoms with Crippen molar-refractivity contribution < 1.29 is 19.2 Å². The minimum Gasteiger partial charge on any atom is -0.344 e. The average Bonchev–Trinajstić information content (AvgIpc) is 3.98. The molecule has 2 aliphatic heterocycles. The maximum absolute atomic E-state index is 13.7. The van der Waals surface area contributed by atoms with Crippen LogP contribution in [-0.2, 0) is 19.2 Å². The Balaban J connectivity index is 0.879. The second-order valence-corrected chi connectivity index (χ2v) is 17.2. The molecule has 12 nitrogen and oxygen atoms in total. The van der Waals surface area contributed by atoms with E-state index in [1.54, 1.807) is 0 Å². The van der Waals surface area contributed by atoms with Gasteiger partial charge in [-0.15, -0.1) is 0 Å². The van der Waals surface area contributed by atoms with E-state index < -0.39 is 12.1 Å². The summed E-state index contributed by atoms with van der Waals surface area (Å²) in [6.45, 7) is 9.21. The summed E-state index contributed by atoms with van der Waals surface area (Å²) in [5.74, 6) is 8.07. The minimum absolute atomic E-state index is 0.00734. The van der Waals surface area contributed by atoms with Gasteiger partial charge >= 0.3 is 0 Å². The van der Waals surface area contributed by atoms with Crippen LogP contribution in [-0.4, -0.2) is 78.5 Å². The Morgan fingerprint density at radius 2 is 0.983 bits per heavy atom. The molecule has 0 bridgehead atoms. The Kier molecular flexibility index (Phi) is 11.2. The molecule has 12 heteroatoms. The van der Waals surface area contributed by atoms with E-state index in [1.165, 1.54) is 0 Å². The van der Waals surface area contributed by atoms with Gasteiger partial charge in [-0.1, -0.05) is 63.8 Å². The predicted octanol–water partition coefficient (Wildman–Crippen LogP) is 6.30. The number of hydrogen-bond donors (Lipinski definition) is 4. The lowest BCUT2D eigenvalue weighted by molar-refractivity contribution is -0.139. The standard InChI is InChI=1S/C46H54N8O4/c1-27(2)39(51-43(55)33-19-20-33)45(57)53-23-5-7-37(53)41-47-25-35(49-41)31-15-11-29(12-16-31)9-10-30-13-17-32(18-14-30)36-26-48-42(50-36)38-8-6-24-54(38)46(58)40(28(3)4)52-44(56)34-21-22-34/h11-18,25-28,33-34,37-40H,5-8,19-24H2,1-4H3,(H,47,49)(H,48,50)(H,51,55)(H,52,56)/t37-,38-,39+,40+/m0/s1. The zero-order chi connectivity index (χ0) is 40.5. The first-order valence-electron chi connectivity index (χ1n) is 21.1. The first-order chi connectivity index (χ1) is 28.0. The van der Waals surface area contributed by atoms with Crippen molar-refractivity contribution in [2.75, 3.05) is 13.1 Å². The third-order valence-corrected chi connectivity index (χ3v) is 12.0.